The van der Waals surface area contributed by atoms with Gasteiger partial charge in [0.25, 0.3) is 0 Å². The Hall–Kier alpha value is 0.150. The lowest BCUT2D eigenvalue weighted by atomic mass is 9.77. The molecule has 5 nitrogen and oxygen atoms in total. The Morgan fingerprint density at radius 2 is 1.33 bits per heavy atom. The van der Waals surface area contributed by atoms with Crippen LogP contribution in [0.5, 0.6) is 0 Å². The summed E-state index contributed by atoms with van der Waals surface area (Å²) in [6.45, 7) is -0.730. The summed E-state index contributed by atoms with van der Waals surface area (Å²) in [5.74, 6) is -0.979. The molecule has 0 saturated carbocycles. The van der Waals surface area contributed by atoms with Crippen molar-refractivity contribution in [1.29, 1.82) is 0 Å². The molecule has 0 radical (unpaired) electrons. The number of ether oxygens (including phenoxy) is 1. The van der Waals surface area contributed by atoms with Gasteiger partial charge < -0.3 is 25.2 Å². The maximum absolute atomic E-state index is 9.23. The summed E-state index contributed by atoms with van der Waals surface area (Å²) in [6, 6.07) is 0. The predicted molar refractivity (Wildman–Crippen MR) is 56.5 cm³/mol. The minimum Gasteiger partial charge on any atom is -0.396 e. The third kappa shape index (κ3) is 2.64. The normalized spacial score (nSPS) is 41.8. The van der Waals surface area contributed by atoms with Crippen molar-refractivity contribution in [2.45, 2.75) is 11.5 Å². The van der Waals surface area contributed by atoms with Crippen LogP contribution in [0.2, 0.25) is 0 Å². The van der Waals surface area contributed by atoms with E-state index in [0.717, 1.165) is 0 Å². The molecule has 0 aromatic heterocycles. The second kappa shape index (κ2) is 6.03. The molecule has 1 rings (SSSR count). The van der Waals surface area contributed by atoms with E-state index in [9.17, 15) is 10.2 Å². The zero-order valence-corrected chi connectivity index (χ0v) is 9.25. The number of aliphatic hydroxyl groups excluding tert-OH is 4. The predicted octanol–water partition coefficient (Wildman–Crippen LogP) is -1.54. The van der Waals surface area contributed by atoms with Crippen LogP contribution in [0.3, 0.4) is 0 Å². The second-order valence-electron chi connectivity index (χ2n) is 3.79. The van der Waals surface area contributed by atoms with Gasteiger partial charge >= 0.3 is 0 Å². The van der Waals surface area contributed by atoms with E-state index in [-0.39, 0.29) is 44.2 Å². The molecule has 90 valence electrons. The molecule has 4 N–H and O–H groups in total. The maximum atomic E-state index is 9.23. The summed E-state index contributed by atoms with van der Waals surface area (Å²) in [6.07, 6.45) is -0.530. The molecule has 5 atom stereocenters. The SMILES string of the molecule is OCC1OC(S)C(CO)C(CO)C1CO. The summed E-state index contributed by atoms with van der Waals surface area (Å²) in [7, 11) is 0. The Balaban J connectivity index is 2.80. The first-order chi connectivity index (χ1) is 7.19. The summed E-state index contributed by atoms with van der Waals surface area (Å²) >= 11 is 4.16. The van der Waals surface area contributed by atoms with Gasteiger partial charge in [-0.25, -0.2) is 0 Å². The highest BCUT2D eigenvalue weighted by atomic mass is 32.1. The van der Waals surface area contributed by atoms with Crippen molar-refractivity contribution in [2.75, 3.05) is 26.4 Å². The van der Waals surface area contributed by atoms with Crippen molar-refractivity contribution in [1.82, 2.24) is 0 Å². The quantitative estimate of drug-likeness (QED) is 0.383. The van der Waals surface area contributed by atoms with Crippen LogP contribution in [0.1, 0.15) is 0 Å². The van der Waals surface area contributed by atoms with Crippen molar-refractivity contribution in [3.63, 3.8) is 0 Å². The molecule has 0 bridgehead atoms. The van der Waals surface area contributed by atoms with E-state index in [1.54, 1.807) is 0 Å². The van der Waals surface area contributed by atoms with E-state index in [1.807, 2.05) is 0 Å². The van der Waals surface area contributed by atoms with Gasteiger partial charge in [-0.05, 0) is 5.92 Å². The van der Waals surface area contributed by atoms with E-state index < -0.39 is 11.5 Å². The topological polar surface area (TPSA) is 90.2 Å². The molecule has 0 aliphatic carbocycles. The van der Waals surface area contributed by atoms with Crippen LogP contribution in [0.25, 0.3) is 0 Å². The van der Waals surface area contributed by atoms with Gasteiger partial charge in [0.15, 0.2) is 0 Å². The summed E-state index contributed by atoms with van der Waals surface area (Å²) in [4.78, 5) is 0. The van der Waals surface area contributed by atoms with E-state index in [1.165, 1.54) is 0 Å². The molecule has 15 heavy (non-hydrogen) atoms. The zero-order valence-electron chi connectivity index (χ0n) is 8.36. The van der Waals surface area contributed by atoms with E-state index in [4.69, 9.17) is 14.9 Å². The van der Waals surface area contributed by atoms with Gasteiger partial charge in [-0.2, -0.15) is 0 Å². The Morgan fingerprint density at radius 1 is 0.800 bits per heavy atom. The van der Waals surface area contributed by atoms with Gasteiger partial charge in [-0.1, -0.05) is 0 Å². The van der Waals surface area contributed by atoms with Gasteiger partial charge in [-0.3, -0.25) is 0 Å². The van der Waals surface area contributed by atoms with Crippen LogP contribution in [0.4, 0.5) is 0 Å². The smallest absolute Gasteiger partial charge is 0.106 e. The molecule has 0 amide bonds. The lowest BCUT2D eigenvalue weighted by Gasteiger charge is -2.43. The molecule has 6 heteroatoms. The number of hydrogen-bond acceptors (Lipinski definition) is 6. The number of thiol groups is 1. The Kier molecular flexibility index (Phi) is 5.31. The third-order valence-corrected chi connectivity index (χ3v) is 3.57. The molecule has 1 heterocycles. The van der Waals surface area contributed by atoms with Gasteiger partial charge in [0.05, 0.1) is 12.7 Å². The zero-order chi connectivity index (χ0) is 11.4. The Labute approximate surface area is 94.1 Å². The highest BCUT2D eigenvalue weighted by molar-refractivity contribution is 7.80. The van der Waals surface area contributed by atoms with Crippen molar-refractivity contribution < 1.29 is 25.2 Å². The van der Waals surface area contributed by atoms with Gasteiger partial charge in [0, 0.05) is 31.7 Å². The first kappa shape index (κ1) is 13.2. The molecule has 0 aromatic carbocycles. The van der Waals surface area contributed by atoms with E-state index >= 15 is 0 Å². The Bertz CT molecular complexity index is 191. The fraction of sp³-hybridized carbons (Fsp3) is 1.00. The highest BCUT2D eigenvalue weighted by Gasteiger charge is 2.43. The number of rotatable bonds is 4. The largest absolute Gasteiger partial charge is 0.396 e. The average molecular weight is 238 g/mol. The minimum atomic E-state index is -0.530. The molecule has 0 spiro atoms. The van der Waals surface area contributed by atoms with Crippen LogP contribution in [-0.2, 0) is 4.74 Å². The lowest BCUT2D eigenvalue weighted by Crippen LogP contribution is -2.51. The third-order valence-electron chi connectivity index (χ3n) is 3.07. The lowest BCUT2D eigenvalue weighted by molar-refractivity contribution is -0.153. The van der Waals surface area contributed by atoms with Crippen LogP contribution in [0, 0.1) is 17.8 Å². The summed E-state index contributed by atoms with van der Waals surface area (Å²) in [5.41, 5.74) is -0.521. The minimum absolute atomic E-state index is 0.159. The van der Waals surface area contributed by atoms with Crippen LogP contribution < -0.4 is 0 Å². The first-order valence-corrected chi connectivity index (χ1v) is 5.48. The molecular weight excluding hydrogens is 220 g/mol. The molecule has 1 fully saturated rings. The van der Waals surface area contributed by atoms with E-state index in [2.05, 4.69) is 12.6 Å². The van der Waals surface area contributed by atoms with Crippen LogP contribution >= 0.6 is 12.6 Å². The molecule has 1 aliphatic heterocycles. The van der Waals surface area contributed by atoms with Crippen molar-refractivity contribution >= 4 is 12.6 Å². The van der Waals surface area contributed by atoms with Gasteiger partial charge in [0.2, 0.25) is 0 Å². The maximum Gasteiger partial charge on any atom is 0.106 e. The first-order valence-electron chi connectivity index (χ1n) is 4.96. The number of hydrogen-bond donors (Lipinski definition) is 5. The molecular formula is C9H18O5S. The molecule has 1 saturated heterocycles. The standard InChI is InChI=1S/C9H18O5S/c10-1-5-6(2-11)8(4-13)14-9(15)7(5)3-12/h5-13,15H,1-4H2. The molecule has 1 aliphatic rings. The summed E-state index contributed by atoms with van der Waals surface area (Å²) < 4.78 is 5.36. The van der Waals surface area contributed by atoms with Crippen molar-refractivity contribution in [2.24, 2.45) is 17.8 Å². The van der Waals surface area contributed by atoms with Gasteiger partial charge in [-0.15, -0.1) is 12.6 Å². The van der Waals surface area contributed by atoms with Crippen molar-refractivity contribution in [3.8, 4) is 0 Å². The molecule has 0 aromatic rings. The Morgan fingerprint density at radius 3 is 1.73 bits per heavy atom. The fourth-order valence-electron chi connectivity index (χ4n) is 2.11. The highest BCUT2D eigenvalue weighted by Crippen LogP contribution is 2.36. The van der Waals surface area contributed by atoms with Crippen molar-refractivity contribution in [3.05, 3.63) is 0 Å². The van der Waals surface area contributed by atoms with E-state index in [0.29, 0.717) is 0 Å². The second-order valence-corrected chi connectivity index (χ2v) is 4.30. The summed E-state index contributed by atoms with van der Waals surface area (Å²) in [5, 5.41) is 36.6. The monoisotopic (exact) mass is 238 g/mol. The van der Waals surface area contributed by atoms with Crippen LogP contribution in [-0.4, -0.2) is 58.4 Å². The van der Waals surface area contributed by atoms with Crippen LogP contribution in [0.15, 0.2) is 0 Å². The van der Waals surface area contributed by atoms with Gasteiger partial charge in [0.1, 0.15) is 5.44 Å². The number of aliphatic hydroxyl groups is 4. The molecule has 5 unspecified atom stereocenters. The fourth-order valence-corrected chi connectivity index (χ4v) is 2.59. The average Bonchev–Trinajstić information content (AvgIpc) is 2.27.